The third-order valence-corrected chi connectivity index (χ3v) is 4.12. The van der Waals surface area contributed by atoms with Gasteiger partial charge in [-0.1, -0.05) is 0 Å². The Bertz CT molecular complexity index is 628. The molecule has 1 saturated carbocycles. The largest absolute Gasteiger partial charge is 0.461 e. The Kier molecular flexibility index (Phi) is 2.43. The molecule has 1 aliphatic carbocycles. The molecule has 104 valence electrons. The molecule has 3 heterocycles. The molecule has 2 unspecified atom stereocenters. The van der Waals surface area contributed by atoms with E-state index in [0.717, 1.165) is 19.4 Å². The van der Waals surface area contributed by atoms with Crippen LogP contribution < -0.4 is 5.32 Å². The van der Waals surface area contributed by atoms with Crippen molar-refractivity contribution in [2.24, 2.45) is 11.3 Å². The van der Waals surface area contributed by atoms with E-state index in [4.69, 9.17) is 9.15 Å². The highest BCUT2D eigenvalue weighted by Crippen LogP contribution is 2.58. The first-order valence-electron chi connectivity index (χ1n) is 6.62. The molecule has 4 rings (SSSR count). The van der Waals surface area contributed by atoms with Crippen LogP contribution in [0, 0.1) is 11.3 Å². The van der Waals surface area contributed by atoms with Crippen LogP contribution in [0.4, 0.5) is 5.95 Å². The molecule has 7 heteroatoms. The maximum absolute atomic E-state index is 12.1. The maximum atomic E-state index is 12.1. The van der Waals surface area contributed by atoms with Crippen molar-refractivity contribution < 1.29 is 13.9 Å². The van der Waals surface area contributed by atoms with Crippen molar-refractivity contribution in [3.63, 3.8) is 0 Å². The summed E-state index contributed by atoms with van der Waals surface area (Å²) in [6.45, 7) is 1.45. The topological polar surface area (TPSA) is 93.0 Å². The minimum atomic E-state index is -0.0273. The zero-order valence-electron chi connectivity index (χ0n) is 10.8. The van der Waals surface area contributed by atoms with E-state index in [0.29, 0.717) is 18.2 Å². The van der Waals surface area contributed by atoms with E-state index in [2.05, 4.69) is 20.5 Å². The van der Waals surface area contributed by atoms with Crippen LogP contribution in [0.5, 0.6) is 0 Å². The number of furan rings is 1. The smallest absolute Gasteiger partial charge is 0.249 e. The lowest BCUT2D eigenvalue weighted by Crippen LogP contribution is -2.19. The third kappa shape index (κ3) is 1.82. The SMILES string of the molecule is O=C(Nc1n[nH]c(-c2ccco2)n1)C1CC12CCOC2. The first-order chi connectivity index (χ1) is 9.77. The van der Waals surface area contributed by atoms with E-state index < -0.39 is 0 Å². The molecule has 2 aromatic rings. The van der Waals surface area contributed by atoms with Crippen molar-refractivity contribution >= 4 is 11.9 Å². The zero-order chi connectivity index (χ0) is 13.6. The maximum Gasteiger partial charge on any atom is 0.249 e. The van der Waals surface area contributed by atoms with Crippen molar-refractivity contribution in [3.05, 3.63) is 18.4 Å². The van der Waals surface area contributed by atoms with Crippen LogP contribution in [0.15, 0.2) is 22.8 Å². The fourth-order valence-electron chi connectivity index (χ4n) is 2.82. The van der Waals surface area contributed by atoms with Crippen LogP contribution in [0.1, 0.15) is 12.8 Å². The predicted octanol–water partition coefficient (Wildman–Crippen LogP) is 1.43. The van der Waals surface area contributed by atoms with Crippen LogP contribution in [0.2, 0.25) is 0 Å². The van der Waals surface area contributed by atoms with Gasteiger partial charge in [0.25, 0.3) is 0 Å². The summed E-state index contributed by atoms with van der Waals surface area (Å²) in [4.78, 5) is 16.3. The second-order valence-electron chi connectivity index (χ2n) is 5.40. The van der Waals surface area contributed by atoms with Gasteiger partial charge in [0.05, 0.1) is 12.9 Å². The number of rotatable bonds is 3. The lowest BCUT2D eigenvalue weighted by Gasteiger charge is -2.05. The van der Waals surface area contributed by atoms with Crippen molar-refractivity contribution in [2.75, 3.05) is 18.5 Å². The Labute approximate surface area is 114 Å². The molecule has 7 nitrogen and oxygen atoms in total. The normalized spacial score (nSPS) is 27.9. The van der Waals surface area contributed by atoms with Crippen molar-refractivity contribution in [1.29, 1.82) is 0 Å². The molecule has 2 N–H and O–H groups in total. The Hall–Kier alpha value is -2.15. The van der Waals surface area contributed by atoms with Gasteiger partial charge in [-0.2, -0.15) is 4.98 Å². The number of aromatic amines is 1. The van der Waals surface area contributed by atoms with Gasteiger partial charge in [0.2, 0.25) is 11.9 Å². The van der Waals surface area contributed by atoms with Gasteiger partial charge < -0.3 is 9.15 Å². The van der Waals surface area contributed by atoms with Crippen molar-refractivity contribution in [3.8, 4) is 11.6 Å². The van der Waals surface area contributed by atoms with Gasteiger partial charge in [0.1, 0.15) is 0 Å². The van der Waals surface area contributed by atoms with E-state index in [1.807, 2.05) is 0 Å². The van der Waals surface area contributed by atoms with Crippen LogP contribution in [-0.4, -0.2) is 34.3 Å². The van der Waals surface area contributed by atoms with E-state index in [1.165, 1.54) is 0 Å². The lowest BCUT2D eigenvalue weighted by atomic mass is 10.0. The third-order valence-electron chi connectivity index (χ3n) is 4.12. The van der Waals surface area contributed by atoms with Crippen molar-refractivity contribution in [2.45, 2.75) is 12.8 Å². The summed E-state index contributed by atoms with van der Waals surface area (Å²) in [6.07, 6.45) is 3.43. The number of nitrogens with one attached hydrogen (secondary N) is 2. The van der Waals surface area contributed by atoms with Gasteiger partial charge in [-0.05, 0) is 25.0 Å². The molecule has 2 fully saturated rings. The average Bonchev–Trinajstić information content (AvgIpc) is 2.93. The Morgan fingerprint density at radius 2 is 2.50 bits per heavy atom. The van der Waals surface area contributed by atoms with Gasteiger partial charge in [-0.25, -0.2) is 0 Å². The molecule has 1 amide bonds. The molecule has 0 bridgehead atoms. The monoisotopic (exact) mass is 274 g/mol. The number of hydrogen-bond donors (Lipinski definition) is 2. The minimum absolute atomic E-state index is 0.0237. The average molecular weight is 274 g/mol. The number of amides is 1. The summed E-state index contributed by atoms with van der Waals surface area (Å²) >= 11 is 0. The highest BCUT2D eigenvalue weighted by atomic mass is 16.5. The molecule has 2 aliphatic rings. The summed E-state index contributed by atoms with van der Waals surface area (Å²) in [6, 6.07) is 3.54. The van der Waals surface area contributed by atoms with Crippen LogP contribution in [0.25, 0.3) is 11.6 Å². The fraction of sp³-hybridized carbons (Fsp3) is 0.462. The van der Waals surface area contributed by atoms with E-state index in [9.17, 15) is 4.79 Å². The number of carbonyl (C=O) groups excluding carboxylic acids is 1. The number of carbonyl (C=O) groups is 1. The minimum Gasteiger partial charge on any atom is -0.461 e. The Morgan fingerprint density at radius 3 is 3.25 bits per heavy atom. The highest BCUT2D eigenvalue weighted by Gasteiger charge is 2.59. The van der Waals surface area contributed by atoms with Gasteiger partial charge in [0, 0.05) is 17.9 Å². The number of ether oxygens (including phenoxy) is 1. The second kappa shape index (κ2) is 4.17. The molecular formula is C13H14N4O3. The van der Waals surface area contributed by atoms with Crippen LogP contribution in [0.3, 0.4) is 0 Å². The molecular weight excluding hydrogens is 260 g/mol. The summed E-state index contributed by atoms with van der Waals surface area (Å²) < 4.78 is 10.6. The standard InChI is InChI=1S/C13H14N4O3/c18-11(8-6-13(8)3-5-19-7-13)15-12-14-10(16-17-12)9-2-1-4-20-9/h1-2,4,8H,3,5-7H2,(H2,14,15,16,17,18). The number of aromatic nitrogens is 3. The fourth-order valence-corrected chi connectivity index (χ4v) is 2.82. The van der Waals surface area contributed by atoms with Gasteiger partial charge >= 0.3 is 0 Å². The van der Waals surface area contributed by atoms with Crippen LogP contribution >= 0.6 is 0 Å². The summed E-state index contributed by atoms with van der Waals surface area (Å²) in [5.41, 5.74) is 0.0736. The van der Waals surface area contributed by atoms with Gasteiger partial charge in [0.15, 0.2) is 11.6 Å². The van der Waals surface area contributed by atoms with E-state index in [-0.39, 0.29) is 23.2 Å². The van der Waals surface area contributed by atoms with E-state index in [1.54, 1.807) is 18.4 Å². The summed E-state index contributed by atoms with van der Waals surface area (Å²) in [5, 5.41) is 9.47. The number of anilines is 1. The molecule has 2 atom stereocenters. The number of nitrogens with zero attached hydrogens (tertiary/aromatic N) is 2. The van der Waals surface area contributed by atoms with Crippen molar-refractivity contribution in [1.82, 2.24) is 15.2 Å². The molecule has 20 heavy (non-hydrogen) atoms. The number of H-pyrrole nitrogens is 1. The quantitative estimate of drug-likeness (QED) is 0.883. The van der Waals surface area contributed by atoms with E-state index >= 15 is 0 Å². The molecule has 0 radical (unpaired) electrons. The molecule has 1 aliphatic heterocycles. The summed E-state index contributed by atoms with van der Waals surface area (Å²) in [7, 11) is 0. The molecule has 2 aromatic heterocycles. The zero-order valence-corrected chi connectivity index (χ0v) is 10.8. The molecule has 0 aromatic carbocycles. The first kappa shape index (κ1) is 11.7. The Balaban J connectivity index is 1.44. The highest BCUT2D eigenvalue weighted by molar-refractivity contribution is 5.93. The summed E-state index contributed by atoms with van der Waals surface area (Å²) in [5.74, 6) is 1.36. The first-order valence-corrected chi connectivity index (χ1v) is 6.62. The Morgan fingerprint density at radius 1 is 1.55 bits per heavy atom. The second-order valence-corrected chi connectivity index (χ2v) is 5.40. The number of hydrogen-bond acceptors (Lipinski definition) is 5. The molecule has 1 spiro atoms. The predicted molar refractivity (Wildman–Crippen MR) is 68.7 cm³/mol. The van der Waals surface area contributed by atoms with Gasteiger partial charge in [-0.15, -0.1) is 5.10 Å². The van der Waals surface area contributed by atoms with Gasteiger partial charge in [-0.3, -0.25) is 15.2 Å². The lowest BCUT2D eigenvalue weighted by molar-refractivity contribution is -0.118. The van der Waals surface area contributed by atoms with Crippen LogP contribution in [-0.2, 0) is 9.53 Å². The molecule has 1 saturated heterocycles.